The number of fused-ring (bicyclic) bond motifs is 2. The minimum absolute atomic E-state index is 0.0389. The molecule has 5 N–H and O–H groups in total. The molecular formula is C36H40N2O11S3. The van der Waals surface area contributed by atoms with Crippen molar-refractivity contribution in [3.63, 3.8) is 0 Å². The average molecular weight is 773 g/mol. The molecular weight excluding hydrogens is 733 g/mol. The van der Waals surface area contributed by atoms with Crippen LogP contribution in [0.2, 0.25) is 0 Å². The van der Waals surface area contributed by atoms with Crippen molar-refractivity contribution in [2.75, 3.05) is 5.32 Å². The summed E-state index contributed by atoms with van der Waals surface area (Å²) in [4.78, 5) is 41.2. The van der Waals surface area contributed by atoms with Crippen molar-refractivity contribution in [2.24, 2.45) is 4.99 Å². The van der Waals surface area contributed by atoms with E-state index in [1.807, 2.05) is 19.9 Å². The van der Waals surface area contributed by atoms with Crippen molar-refractivity contribution in [1.29, 1.82) is 0 Å². The number of nitrogens with one attached hydrogen (secondary N) is 1. The molecule has 0 bridgehead atoms. The molecule has 3 atom stereocenters. The molecule has 3 unspecified atom stereocenters. The maximum atomic E-state index is 13.8. The van der Waals surface area contributed by atoms with Gasteiger partial charge in [0.05, 0.1) is 38.9 Å². The molecule has 2 heterocycles. The third kappa shape index (κ3) is 8.38. The van der Waals surface area contributed by atoms with Crippen LogP contribution in [-0.4, -0.2) is 52.1 Å². The Bertz CT molecular complexity index is 2180. The first-order chi connectivity index (χ1) is 24.6. The van der Waals surface area contributed by atoms with Gasteiger partial charge >= 0.3 is 11.9 Å². The number of rotatable bonds is 18. The molecule has 3 aromatic rings. The summed E-state index contributed by atoms with van der Waals surface area (Å²) < 4.78 is 38.8. The monoisotopic (exact) mass is 772 g/mol. The van der Waals surface area contributed by atoms with Gasteiger partial charge in [-0.1, -0.05) is 49.9 Å². The Morgan fingerprint density at radius 3 is 2.25 bits per heavy atom. The molecule has 0 saturated carbocycles. The van der Waals surface area contributed by atoms with Crippen LogP contribution in [-0.2, 0) is 39.9 Å². The fourth-order valence-corrected chi connectivity index (χ4v) is 8.41. The lowest BCUT2D eigenvalue weighted by Crippen LogP contribution is -2.52. The smallest absolute Gasteiger partial charge is 0.303 e. The first-order valence-corrected chi connectivity index (χ1v) is 19.4. The molecule has 13 nitrogen and oxygen atoms in total. The van der Waals surface area contributed by atoms with E-state index in [1.54, 1.807) is 30.4 Å². The van der Waals surface area contributed by atoms with Crippen molar-refractivity contribution in [1.82, 2.24) is 0 Å². The number of aliphatic imine (C=N–C) groups is 1. The molecule has 0 saturated heterocycles. The second kappa shape index (κ2) is 16.1. The molecule has 0 fully saturated rings. The summed E-state index contributed by atoms with van der Waals surface area (Å²) in [5, 5.41) is 34.6. The highest BCUT2D eigenvalue weighted by atomic mass is 32.2. The lowest BCUT2D eigenvalue weighted by molar-refractivity contribution is -0.432. The highest BCUT2D eigenvalue weighted by Crippen LogP contribution is 2.47. The Labute approximate surface area is 309 Å². The highest BCUT2D eigenvalue weighted by Gasteiger charge is 2.43. The minimum Gasteiger partial charge on any atom is -0.481 e. The standard InChI is InChI=1S/C36H40N2O11S3/c1-35(15-7-3-5-9-31(39)40)25-17-21(51-49-48-44)11-13-27(25)37-29(35)19-23-33(43)24(34(23)50)20-30-36(2,16-8-4-6-10-32(41)42)26-18-22(52(45,46)47)12-14-28(26)38-30/h11-14,17-20,30,38,44H,3-10,15-16H2,1-2H3,(H,39,40)(H,41,42)(H,45,46,47). The number of aliphatic carboxylic acids is 2. The van der Waals surface area contributed by atoms with Crippen LogP contribution >= 0.6 is 24.3 Å². The van der Waals surface area contributed by atoms with E-state index >= 15 is 0 Å². The Morgan fingerprint density at radius 2 is 1.63 bits per heavy atom. The fraction of sp³-hybridized carbons (Fsp3) is 0.417. The highest BCUT2D eigenvalue weighted by molar-refractivity contribution is 7.94. The lowest BCUT2D eigenvalue weighted by atomic mass is 9.74. The number of unbranched alkanes of at least 4 members (excludes halogenated alkanes) is 4. The van der Waals surface area contributed by atoms with Crippen LogP contribution in [0, 0.1) is 4.51 Å². The topological polar surface area (TPSA) is 209 Å². The number of hydrogen-bond donors (Lipinski definition) is 5. The van der Waals surface area contributed by atoms with E-state index in [1.165, 1.54) is 12.1 Å². The third-order valence-corrected chi connectivity index (χ3v) is 12.0. The second-order valence-electron chi connectivity index (χ2n) is 13.7. The van der Waals surface area contributed by atoms with Crippen LogP contribution in [0.5, 0.6) is 0 Å². The Kier molecular flexibility index (Phi) is 12.2. The van der Waals surface area contributed by atoms with Crippen LogP contribution in [0.1, 0.15) is 89.2 Å². The molecule has 2 aliphatic heterocycles. The summed E-state index contributed by atoms with van der Waals surface area (Å²) in [5.41, 5.74) is 1.85. The van der Waals surface area contributed by atoms with E-state index in [-0.39, 0.29) is 23.2 Å². The molecule has 16 heteroatoms. The largest absolute Gasteiger partial charge is 0.481 e. The van der Waals surface area contributed by atoms with E-state index in [2.05, 4.69) is 14.7 Å². The van der Waals surface area contributed by atoms with Gasteiger partial charge < -0.3 is 15.5 Å². The zero-order valence-corrected chi connectivity index (χ0v) is 31.0. The van der Waals surface area contributed by atoms with Gasteiger partial charge in [-0.15, -0.1) is 4.33 Å². The van der Waals surface area contributed by atoms with E-state index in [9.17, 15) is 27.4 Å². The normalized spacial score (nSPS) is 21.6. The van der Waals surface area contributed by atoms with Crippen molar-refractivity contribution in [2.45, 2.75) is 105 Å². The van der Waals surface area contributed by atoms with Gasteiger partial charge in [-0.05, 0) is 92.3 Å². The van der Waals surface area contributed by atoms with Crippen LogP contribution < -0.4 is 21.2 Å². The van der Waals surface area contributed by atoms with E-state index in [0.717, 1.165) is 17.6 Å². The average Bonchev–Trinajstić information content (AvgIpc) is 3.52. The van der Waals surface area contributed by atoms with Crippen LogP contribution in [0.4, 0.5) is 11.4 Å². The quantitative estimate of drug-likeness (QED) is 0.0260. The Balaban J connectivity index is 1.49. The van der Waals surface area contributed by atoms with Gasteiger partial charge in [-0.3, -0.25) is 23.9 Å². The van der Waals surface area contributed by atoms with E-state index < -0.39 is 38.9 Å². The van der Waals surface area contributed by atoms with Crippen LogP contribution in [0.15, 0.2) is 56.0 Å². The number of nitrogens with zero attached hydrogens (tertiary/aromatic N) is 1. The number of carboxylic acids is 2. The molecule has 0 spiro atoms. The van der Waals surface area contributed by atoms with Gasteiger partial charge in [0.25, 0.3) is 10.1 Å². The van der Waals surface area contributed by atoms with Crippen molar-refractivity contribution < 1.29 is 47.4 Å². The molecule has 5 rings (SSSR count). The number of carbonyl (C=O) groups is 2. The summed E-state index contributed by atoms with van der Waals surface area (Å²) in [6, 6.07) is 9.28. The number of anilines is 1. The predicted octanol–water partition coefficient (Wildman–Crippen LogP) is 5.75. The second-order valence-corrected chi connectivity index (χ2v) is 16.3. The molecule has 0 amide bonds. The first-order valence-electron chi connectivity index (χ1n) is 16.8. The lowest BCUT2D eigenvalue weighted by Gasteiger charge is -2.31. The molecule has 0 radical (unpaired) electrons. The van der Waals surface area contributed by atoms with Crippen LogP contribution in [0.3, 0.4) is 0 Å². The van der Waals surface area contributed by atoms with Gasteiger partial charge in [0.2, 0.25) is 0 Å². The summed E-state index contributed by atoms with van der Waals surface area (Å²) >= 11 is 6.62. The third-order valence-electron chi connectivity index (χ3n) is 10.2. The summed E-state index contributed by atoms with van der Waals surface area (Å²) in [5.74, 6) is -1.73. The number of benzene rings is 2. The minimum atomic E-state index is -4.48. The van der Waals surface area contributed by atoms with Gasteiger partial charge in [-0.25, -0.2) is 5.26 Å². The van der Waals surface area contributed by atoms with Crippen molar-refractivity contribution >= 4 is 75.6 Å². The van der Waals surface area contributed by atoms with Gasteiger partial charge in [-0.2, -0.15) is 8.42 Å². The molecule has 0 aliphatic carbocycles. The van der Waals surface area contributed by atoms with Crippen molar-refractivity contribution in [3.8, 4) is 0 Å². The summed E-state index contributed by atoms with van der Waals surface area (Å²) in [7, 11) is -4.48. The van der Waals surface area contributed by atoms with E-state index in [4.69, 9.17) is 32.7 Å². The Hall–Kier alpha value is -3.77. The molecule has 2 aliphatic rings. The number of carboxylic acid groups (broad SMARTS) is 2. The predicted molar refractivity (Wildman–Crippen MR) is 198 cm³/mol. The van der Waals surface area contributed by atoms with Gasteiger partial charge in [0.1, 0.15) is 0 Å². The van der Waals surface area contributed by atoms with E-state index in [0.29, 0.717) is 93.9 Å². The number of hydrogen-bond acceptors (Lipinski definition) is 12. The van der Waals surface area contributed by atoms with Gasteiger partial charge in [0, 0.05) is 44.7 Å². The molecule has 278 valence electrons. The molecule has 0 aromatic heterocycles. The maximum absolute atomic E-state index is 13.8. The zero-order valence-electron chi connectivity index (χ0n) is 28.6. The summed E-state index contributed by atoms with van der Waals surface area (Å²) in [6.45, 7) is 3.95. The van der Waals surface area contributed by atoms with Gasteiger partial charge in [0.15, 0.2) is 5.43 Å². The Morgan fingerprint density at radius 1 is 0.962 bits per heavy atom. The SMILES string of the molecule is CC1(CCCCCC(=O)O)C(C=c2c(=O)c(=CC3Nc4ccc(S(=O)(=O)O)cc4C3(C)CCCCCC(=O)O)c2=S)=Nc2ccc(SOOO)cc21. The van der Waals surface area contributed by atoms with Crippen LogP contribution in [0.25, 0.3) is 12.2 Å². The first kappa shape index (κ1) is 39.4. The molecule has 3 aromatic carbocycles. The maximum Gasteiger partial charge on any atom is 0.303 e. The summed E-state index contributed by atoms with van der Waals surface area (Å²) in [6.07, 6.45) is 8.41. The fourth-order valence-electron chi connectivity index (χ4n) is 7.20. The van der Waals surface area contributed by atoms with Crippen molar-refractivity contribution in [3.05, 3.63) is 72.7 Å². The zero-order chi connectivity index (χ0) is 37.8. The molecule has 52 heavy (non-hydrogen) atoms.